The molecule has 22 heavy (non-hydrogen) atoms. The van der Waals surface area contributed by atoms with Gasteiger partial charge in [-0.05, 0) is 30.6 Å². The van der Waals surface area contributed by atoms with Crippen LogP contribution in [0.1, 0.15) is 89.9 Å². The second kappa shape index (κ2) is 10.1. The van der Waals surface area contributed by atoms with E-state index < -0.39 is 0 Å². The lowest BCUT2D eigenvalue weighted by Crippen LogP contribution is -2.30. The highest BCUT2D eigenvalue weighted by Gasteiger charge is 2.30. The molecule has 3 N–H and O–H groups in total. The lowest BCUT2D eigenvalue weighted by Gasteiger charge is -2.38. The molecule has 0 unspecified atom stereocenters. The fourth-order valence-corrected chi connectivity index (χ4v) is 4.87. The summed E-state index contributed by atoms with van der Waals surface area (Å²) in [6.45, 7) is 0.743. The molecule has 2 fully saturated rings. The zero-order valence-corrected chi connectivity index (χ0v) is 14.3. The Labute approximate surface area is 136 Å². The van der Waals surface area contributed by atoms with Gasteiger partial charge in [-0.3, -0.25) is 0 Å². The van der Waals surface area contributed by atoms with E-state index in [9.17, 15) is 4.79 Å². The van der Waals surface area contributed by atoms with Crippen LogP contribution in [0.25, 0.3) is 0 Å². The van der Waals surface area contributed by atoms with Gasteiger partial charge in [0.15, 0.2) is 0 Å². The van der Waals surface area contributed by atoms with Gasteiger partial charge >= 0.3 is 6.03 Å². The van der Waals surface area contributed by atoms with Crippen LogP contribution in [0.15, 0.2) is 0 Å². The maximum Gasteiger partial charge on any atom is 0.312 e. The second-order valence-electron chi connectivity index (χ2n) is 7.60. The van der Waals surface area contributed by atoms with E-state index in [0.29, 0.717) is 0 Å². The summed E-state index contributed by atoms with van der Waals surface area (Å²) in [7, 11) is 0. The van der Waals surface area contributed by atoms with E-state index in [4.69, 9.17) is 5.73 Å². The van der Waals surface area contributed by atoms with Crippen LogP contribution in [0, 0.1) is 17.8 Å². The number of primary amides is 1. The zero-order chi connectivity index (χ0) is 15.6. The molecule has 2 saturated carbocycles. The number of amides is 2. The molecule has 0 radical (unpaired) electrons. The van der Waals surface area contributed by atoms with Gasteiger partial charge in [0.05, 0.1) is 0 Å². The van der Waals surface area contributed by atoms with Crippen LogP contribution in [0.4, 0.5) is 4.79 Å². The SMILES string of the molecule is NC(=O)NCCCCCC(C1CCCCC1)C1CCCCC1. The lowest BCUT2D eigenvalue weighted by molar-refractivity contribution is 0.132. The van der Waals surface area contributed by atoms with Gasteiger partial charge < -0.3 is 11.1 Å². The number of rotatable bonds is 8. The van der Waals surface area contributed by atoms with E-state index in [0.717, 1.165) is 30.7 Å². The minimum absolute atomic E-state index is 0.387. The minimum Gasteiger partial charge on any atom is -0.352 e. The Morgan fingerprint density at radius 3 is 1.91 bits per heavy atom. The summed E-state index contributed by atoms with van der Waals surface area (Å²) >= 11 is 0. The fourth-order valence-electron chi connectivity index (χ4n) is 4.87. The maximum atomic E-state index is 10.7. The first-order chi connectivity index (χ1) is 10.8. The molecule has 0 heterocycles. The van der Waals surface area contributed by atoms with E-state index in [1.165, 1.54) is 83.5 Å². The molecule has 3 heteroatoms. The van der Waals surface area contributed by atoms with Crippen LogP contribution >= 0.6 is 0 Å². The molecular formula is C19H36N2O. The van der Waals surface area contributed by atoms with Gasteiger partial charge in [-0.2, -0.15) is 0 Å². The Hall–Kier alpha value is -0.730. The van der Waals surface area contributed by atoms with Gasteiger partial charge in [-0.25, -0.2) is 4.79 Å². The third kappa shape index (κ3) is 6.18. The number of urea groups is 1. The predicted octanol–water partition coefficient (Wildman–Crippen LogP) is 4.99. The quantitative estimate of drug-likeness (QED) is 0.610. The van der Waals surface area contributed by atoms with Gasteiger partial charge in [0.25, 0.3) is 0 Å². The number of hydrogen-bond donors (Lipinski definition) is 2. The Balaban J connectivity index is 1.72. The van der Waals surface area contributed by atoms with Crippen LogP contribution in [-0.4, -0.2) is 12.6 Å². The largest absolute Gasteiger partial charge is 0.352 e. The van der Waals surface area contributed by atoms with E-state index >= 15 is 0 Å². The van der Waals surface area contributed by atoms with Crippen molar-refractivity contribution >= 4 is 6.03 Å². The molecule has 0 aromatic rings. The Kier molecular flexibility index (Phi) is 8.11. The molecule has 0 aliphatic heterocycles. The van der Waals surface area contributed by atoms with Crippen molar-refractivity contribution in [1.29, 1.82) is 0 Å². The number of unbranched alkanes of at least 4 members (excludes halogenated alkanes) is 2. The van der Waals surface area contributed by atoms with Crippen molar-refractivity contribution in [2.75, 3.05) is 6.54 Å². The van der Waals surface area contributed by atoms with Crippen molar-refractivity contribution < 1.29 is 4.79 Å². The minimum atomic E-state index is -0.387. The van der Waals surface area contributed by atoms with E-state index in [1.807, 2.05) is 0 Å². The summed E-state index contributed by atoms with van der Waals surface area (Å²) < 4.78 is 0. The molecule has 0 aromatic carbocycles. The molecule has 0 spiro atoms. The monoisotopic (exact) mass is 308 g/mol. The smallest absolute Gasteiger partial charge is 0.312 e. The van der Waals surface area contributed by atoms with Gasteiger partial charge in [-0.1, -0.05) is 77.0 Å². The van der Waals surface area contributed by atoms with Crippen molar-refractivity contribution in [3.63, 3.8) is 0 Å². The summed E-state index contributed by atoms with van der Waals surface area (Å²) in [6, 6.07) is -0.387. The highest BCUT2D eigenvalue weighted by molar-refractivity contribution is 5.71. The van der Waals surface area contributed by atoms with Crippen LogP contribution in [-0.2, 0) is 0 Å². The number of hydrogen-bond acceptors (Lipinski definition) is 1. The topological polar surface area (TPSA) is 55.1 Å². The van der Waals surface area contributed by atoms with Crippen LogP contribution in [0.3, 0.4) is 0 Å². The van der Waals surface area contributed by atoms with Gasteiger partial charge in [0.2, 0.25) is 0 Å². The Bertz CT molecular complexity index is 289. The second-order valence-corrected chi connectivity index (χ2v) is 7.60. The van der Waals surface area contributed by atoms with Crippen molar-refractivity contribution in [3.8, 4) is 0 Å². The van der Waals surface area contributed by atoms with Crippen LogP contribution in [0.5, 0.6) is 0 Å². The molecule has 3 nitrogen and oxygen atoms in total. The fraction of sp³-hybridized carbons (Fsp3) is 0.947. The standard InChI is InChI=1S/C19H36N2O/c20-19(22)21-15-9-3-8-14-18(16-10-4-1-5-11-16)17-12-6-2-7-13-17/h16-18H,1-15H2,(H3,20,21,22). The Morgan fingerprint density at radius 2 is 1.41 bits per heavy atom. The average Bonchev–Trinajstić information content (AvgIpc) is 2.55. The van der Waals surface area contributed by atoms with Gasteiger partial charge in [0, 0.05) is 6.54 Å². The first-order valence-corrected chi connectivity index (χ1v) is 9.80. The Morgan fingerprint density at radius 1 is 0.864 bits per heavy atom. The van der Waals surface area contributed by atoms with Gasteiger partial charge in [-0.15, -0.1) is 0 Å². The van der Waals surface area contributed by atoms with Crippen molar-refractivity contribution in [2.24, 2.45) is 23.5 Å². The highest BCUT2D eigenvalue weighted by Crippen LogP contribution is 2.42. The predicted molar refractivity (Wildman–Crippen MR) is 92.7 cm³/mol. The van der Waals surface area contributed by atoms with Crippen molar-refractivity contribution in [1.82, 2.24) is 5.32 Å². The van der Waals surface area contributed by atoms with E-state index in [-0.39, 0.29) is 6.03 Å². The normalized spacial score (nSPS) is 21.1. The molecule has 0 saturated heterocycles. The average molecular weight is 309 g/mol. The molecule has 2 aliphatic carbocycles. The molecule has 0 atom stereocenters. The molecule has 2 rings (SSSR count). The molecular weight excluding hydrogens is 272 g/mol. The first kappa shape index (κ1) is 17.6. The third-order valence-corrected chi connectivity index (χ3v) is 6.02. The number of nitrogens with one attached hydrogen (secondary N) is 1. The molecule has 0 bridgehead atoms. The maximum absolute atomic E-state index is 10.7. The summed E-state index contributed by atoms with van der Waals surface area (Å²) in [5.74, 6) is 3.02. The van der Waals surface area contributed by atoms with Crippen LogP contribution in [0.2, 0.25) is 0 Å². The number of carbonyl (C=O) groups is 1. The summed E-state index contributed by atoms with van der Waals surface area (Å²) in [4.78, 5) is 10.7. The molecule has 2 aliphatic rings. The molecule has 128 valence electrons. The number of nitrogens with two attached hydrogens (primary N) is 1. The van der Waals surface area contributed by atoms with E-state index in [1.54, 1.807) is 0 Å². The molecule has 0 aromatic heterocycles. The zero-order valence-electron chi connectivity index (χ0n) is 14.3. The molecule has 2 amide bonds. The van der Waals surface area contributed by atoms with Crippen LogP contribution < -0.4 is 11.1 Å². The third-order valence-electron chi connectivity index (χ3n) is 6.02. The van der Waals surface area contributed by atoms with E-state index in [2.05, 4.69) is 5.32 Å². The number of carbonyl (C=O) groups excluding carboxylic acids is 1. The summed E-state index contributed by atoms with van der Waals surface area (Å²) in [5.41, 5.74) is 5.10. The lowest BCUT2D eigenvalue weighted by atomic mass is 9.68. The highest BCUT2D eigenvalue weighted by atomic mass is 16.2. The summed E-state index contributed by atoms with van der Waals surface area (Å²) in [5, 5.41) is 2.70. The van der Waals surface area contributed by atoms with Crippen molar-refractivity contribution in [3.05, 3.63) is 0 Å². The first-order valence-electron chi connectivity index (χ1n) is 9.80. The summed E-state index contributed by atoms with van der Waals surface area (Å²) in [6.07, 6.45) is 19.8. The van der Waals surface area contributed by atoms with Crippen molar-refractivity contribution in [2.45, 2.75) is 89.9 Å². The van der Waals surface area contributed by atoms with Gasteiger partial charge in [0.1, 0.15) is 0 Å².